The Morgan fingerprint density at radius 1 is 1.10 bits per heavy atom. The summed E-state index contributed by atoms with van der Waals surface area (Å²) in [4.78, 5) is 0. The molecule has 1 atom stereocenters. The van der Waals surface area contributed by atoms with E-state index in [2.05, 4.69) is 77.3 Å². The van der Waals surface area contributed by atoms with Crippen molar-refractivity contribution in [3.8, 4) is 0 Å². The van der Waals surface area contributed by atoms with Crippen molar-refractivity contribution in [2.75, 3.05) is 6.54 Å². The molecule has 0 amide bonds. The molecule has 2 rings (SSSR count). The molecule has 1 unspecified atom stereocenters. The van der Waals surface area contributed by atoms with Crippen LogP contribution in [0.25, 0.3) is 0 Å². The predicted molar refractivity (Wildman–Crippen MR) is 95.5 cm³/mol. The number of benzene rings is 2. The molecule has 1 nitrogen and oxygen atoms in total. The molecule has 0 aliphatic heterocycles. The van der Waals surface area contributed by atoms with Crippen LogP contribution < -0.4 is 5.32 Å². The summed E-state index contributed by atoms with van der Waals surface area (Å²) in [6.07, 6.45) is 1.11. The highest BCUT2D eigenvalue weighted by molar-refractivity contribution is 14.1. The number of aryl methyl sites for hydroxylation is 1. The molecule has 20 heavy (non-hydrogen) atoms. The second kappa shape index (κ2) is 7.43. The zero-order valence-electron chi connectivity index (χ0n) is 11.8. The molecule has 0 radical (unpaired) electrons. The number of hydrogen-bond donors (Lipinski definition) is 1. The summed E-state index contributed by atoms with van der Waals surface area (Å²) >= 11 is 8.61. The molecule has 0 fully saturated rings. The van der Waals surface area contributed by atoms with E-state index in [1.165, 1.54) is 14.7 Å². The first-order valence-corrected chi connectivity index (χ1v) is 8.32. The van der Waals surface area contributed by atoms with Gasteiger partial charge in [-0.2, -0.15) is 0 Å². The van der Waals surface area contributed by atoms with E-state index in [1.807, 2.05) is 6.92 Å². The first-order chi connectivity index (χ1) is 9.61. The van der Waals surface area contributed by atoms with E-state index in [1.54, 1.807) is 0 Å². The maximum atomic E-state index is 6.28. The summed E-state index contributed by atoms with van der Waals surface area (Å²) in [5, 5.41) is 4.44. The van der Waals surface area contributed by atoms with Crippen LogP contribution in [0.4, 0.5) is 0 Å². The summed E-state index contributed by atoms with van der Waals surface area (Å²) < 4.78 is 1.25. The Hall–Kier alpha value is -0.580. The third kappa shape index (κ3) is 3.96. The lowest BCUT2D eigenvalue weighted by molar-refractivity contribution is 0.598. The Labute approximate surface area is 139 Å². The highest BCUT2D eigenvalue weighted by Gasteiger charge is 2.14. The van der Waals surface area contributed by atoms with E-state index < -0.39 is 0 Å². The number of hydrogen-bond acceptors (Lipinski definition) is 1. The largest absolute Gasteiger partial charge is 0.306 e. The molecule has 0 bridgehead atoms. The van der Waals surface area contributed by atoms with Crippen molar-refractivity contribution < 1.29 is 0 Å². The first-order valence-electron chi connectivity index (χ1n) is 6.86. The van der Waals surface area contributed by atoms with Crippen LogP contribution in [0.1, 0.15) is 36.1 Å². The van der Waals surface area contributed by atoms with Crippen molar-refractivity contribution in [2.24, 2.45) is 0 Å². The van der Waals surface area contributed by atoms with Crippen LogP contribution in [-0.2, 0) is 0 Å². The summed E-state index contributed by atoms with van der Waals surface area (Å²) in [6.45, 7) is 5.20. The molecular weight excluding hydrogens is 381 g/mol. The van der Waals surface area contributed by atoms with Crippen molar-refractivity contribution >= 4 is 34.2 Å². The Morgan fingerprint density at radius 2 is 1.75 bits per heavy atom. The zero-order valence-corrected chi connectivity index (χ0v) is 14.7. The Morgan fingerprint density at radius 3 is 2.35 bits per heavy atom. The van der Waals surface area contributed by atoms with Crippen molar-refractivity contribution in [3.05, 3.63) is 67.7 Å². The van der Waals surface area contributed by atoms with Gasteiger partial charge in [-0.3, -0.25) is 0 Å². The van der Waals surface area contributed by atoms with Gasteiger partial charge in [0.2, 0.25) is 0 Å². The van der Waals surface area contributed by atoms with Crippen LogP contribution in [0.2, 0.25) is 5.02 Å². The van der Waals surface area contributed by atoms with Crippen LogP contribution in [0.3, 0.4) is 0 Å². The number of nitrogens with one attached hydrogen (secondary N) is 1. The summed E-state index contributed by atoms with van der Waals surface area (Å²) in [7, 11) is 0. The van der Waals surface area contributed by atoms with Crippen molar-refractivity contribution in [3.63, 3.8) is 0 Å². The van der Waals surface area contributed by atoms with Gasteiger partial charge in [0.1, 0.15) is 0 Å². The van der Waals surface area contributed by atoms with Crippen LogP contribution in [0.15, 0.2) is 42.5 Å². The third-order valence-electron chi connectivity index (χ3n) is 3.33. The van der Waals surface area contributed by atoms with Gasteiger partial charge in [0.25, 0.3) is 0 Å². The van der Waals surface area contributed by atoms with Crippen molar-refractivity contribution in [2.45, 2.75) is 26.3 Å². The molecule has 0 heterocycles. The van der Waals surface area contributed by atoms with Crippen molar-refractivity contribution in [1.29, 1.82) is 0 Å². The molecule has 0 aromatic heterocycles. The van der Waals surface area contributed by atoms with E-state index in [-0.39, 0.29) is 6.04 Å². The molecular formula is C17H19ClIN. The van der Waals surface area contributed by atoms with E-state index in [0.717, 1.165) is 23.6 Å². The fourth-order valence-electron chi connectivity index (χ4n) is 2.16. The maximum absolute atomic E-state index is 6.28. The summed E-state index contributed by atoms with van der Waals surface area (Å²) in [6, 6.07) is 15.2. The van der Waals surface area contributed by atoms with E-state index in [4.69, 9.17) is 11.6 Å². The van der Waals surface area contributed by atoms with Gasteiger partial charge >= 0.3 is 0 Å². The molecule has 0 saturated carbocycles. The third-order valence-corrected chi connectivity index (χ3v) is 4.46. The highest BCUT2D eigenvalue weighted by atomic mass is 127. The minimum Gasteiger partial charge on any atom is -0.306 e. The normalized spacial score (nSPS) is 12.4. The minimum absolute atomic E-state index is 0.199. The molecule has 0 spiro atoms. The lowest BCUT2D eigenvalue weighted by Gasteiger charge is -2.20. The quantitative estimate of drug-likeness (QED) is 0.669. The molecule has 1 N–H and O–H groups in total. The van der Waals surface area contributed by atoms with E-state index in [9.17, 15) is 0 Å². The minimum atomic E-state index is 0.199. The zero-order chi connectivity index (χ0) is 14.5. The van der Waals surface area contributed by atoms with E-state index in [0.29, 0.717) is 0 Å². The SMILES string of the molecule is CCCNC(c1ccc(I)cc1)c1ccc(C)c(Cl)c1. The molecule has 0 aliphatic carbocycles. The number of rotatable bonds is 5. The number of halogens is 2. The average Bonchev–Trinajstić information content (AvgIpc) is 2.45. The Kier molecular flexibility index (Phi) is 5.87. The second-order valence-electron chi connectivity index (χ2n) is 4.95. The second-order valence-corrected chi connectivity index (χ2v) is 6.60. The standard InChI is InChI=1S/C17H19ClIN/c1-3-10-20-17(13-6-8-15(19)9-7-13)14-5-4-12(2)16(18)11-14/h4-9,11,17,20H,3,10H2,1-2H3. The van der Waals surface area contributed by atoms with Gasteiger partial charge in [-0.05, 0) is 77.4 Å². The molecule has 0 saturated heterocycles. The van der Waals surface area contributed by atoms with Crippen LogP contribution in [-0.4, -0.2) is 6.54 Å². The first kappa shape index (κ1) is 15.8. The Balaban J connectivity index is 2.35. The smallest absolute Gasteiger partial charge is 0.0577 e. The van der Waals surface area contributed by atoms with Crippen LogP contribution in [0.5, 0.6) is 0 Å². The molecule has 2 aromatic rings. The van der Waals surface area contributed by atoms with Gasteiger partial charge in [0, 0.05) is 8.59 Å². The average molecular weight is 400 g/mol. The van der Waals surface area contributed by atoms with Gasteiger partial charge < -0.3 is 5.32 Å². The van der Waals surface area contributed by atoms with Crippen LogP contribution in [0, 0.1) is 10.5 Å². The van der Waals surface area contributed by atoms with Crippen LogP contribution >= 0.6 is 34.2 Å². The Bertz CT molecular complexity index is 566. The molecule has 2 aromatic carbocycles. The predicted octanol–water partition coefficient (Wildman–Crippen LogP) is 5.34. The van der Waals surface area contributed by atoms with E-state index >= 15 is 0 Å². The monoisotopic (exact) mass is 399 g/mol. The van der Waals surface area contributed by atoms with Gasteiger partial charge in [-0.1, -0.05) is 42.8 Å². The van der Waals surface area contributed by atoms with Gasteiger partial charge in [-0.25, -0.2) is 0 Å². The maximum Gasteiger partial charge on any atom is 0.0577 e. The van der Waals surface area contributed by atoms with Crippen molar-refractivity contribution in [1.82, 2.24) is 5.32 Å². The molecule has 0 aliphatic rings. The fraction of sp³-hybridized carbons (Fsp3) is 0.294. The van der Waals surface area contributed by atoms with Gasteiger partial charge in [0.05, 0.1) is 6.04 Å². The van der Waals surface area contributed by atoms with Gasteiger partial charge in [0.15, 0.2) is 0 Å². The summed E-state index contributed by atoms with van der Waals surface area (Å²) in [5.41, 5.74) is 3.61. The molecule has 3 heteroatoms. The fourth-order valence-corrected chi connectivity index (χ4v) is 2.71. The highest BCUT2D eigenvalue weighted by Crippen LogP contribution is 2.26. The lowest BCUT2D eigenvalue weighted by atomic mass is 9.97. The summed E-state index contributed by atoms with van der Waals surface area (Å²) in [5.74, 6) is 0. The lowest BCUT2D eigenvalue weighted by Crippen LogP contribution is -2.23. The van der Waals surface area contributed by atoms with Gasteiger partial charge in [-0.15, -0.1) is 0 Å². The topological polar surface area (TPSA) is 12.0 Å². The molecule has 106 valence electrons.